The number of rotatable bonds is 7. The molecule has 0 saturated carbocycles. The number of nitrogens with one attached hydrogen (secondary N) is 1. The molecule has 0 fully saturated rings. The Kier molecular flexibility index (Phi) is 6.48. The summed E-state index contributed by atoms with van der Waals surface area (Å²) in [6.45, 7) is 5.57. The van der Waals surface area contributed by atoms with Crippen LogP contribution in [0.2, 0.25) is 0 Å². The summed E-state index contributed by atoms with van der Waals surface area (Å²) < 4.78 is 0. The Morgan fingerprint density at radius 3 is 2.44 bits per heavy atom. The number of carbonyl (C=O) groups is 2. The summed E-state index contributed by atoms with van der Waals surface area (Å²) in [5.41, 5.74) is -0.456. The van der Waals surface area contributed by atoms with E-state index < -0.39 is 11.5 Å². The zero-order valence-corrected chi connectivity index (χ0v) is 11.2. The van der Waals surface area contributed by atoms with Gasteiger partial charge in [-0.2, -0.15) is 11.8 Å². The minimum Gasteiger partial charge on any atom is -0.481 e. The van der Waals surface area contributed by atoms with Gasteiger partial charge in [-0.1, -0.05) is 6.92 Å². The first-order valence-corrected chi connectivity index (χ1v) is 6.70. The molecule has 0 aromatic rings. The summed E-state index contributed by atoms with van der Waals surface area (Å²) in [6.07, 6.45) is 2.48. The van der Waals surface area contributed by atoms with Crippen LogP contribution in [0.4, 0.5) is 0 Å². The number of amides is 1. The van der Waals surface area contributed by atoms with Gasteiger partial charge in [-0.15, -0.1) is 0 Å². The molecule has 1 unspecified atom stereocenters. The maximum absolute atomic E-state index is 11.7. The van der Waals surface area contributed by atoms with Crippen molar-refractivity contribution in [1.29, 1.82) is 0 Å². The number of carboxylic acids is 1. The lowest BCUT2D eigenvalue weighted by Gasteiger charge is -2.27. The van der Waals surface area contributed by atoms with Gasteiger partial charge < -0.3 is 10.4 Å². The van der Waals surface area contributed by atoms with Crippen molar-refractivity contribution < 1.29 is 14.7 Å². The normalized spacial score (nSPS) is 13.2. The average molecular weight is 247 g/mol. The highest BCUT2D eigenvalue weighted by Crippen LogP contribution is 2.13. The molecule has 1 atom stereocenters. The van der Waals surface area contributed by atoms with Crippen LogP contribution in [0.1, 0.15) is 33.6 Å². The molecule has 2 N–H and O–H groups in total. The molecule has 0 bridgehead atoms. The highest BCUT2D eigenvalue weighted by molar-refractivity contribution is 7.98. The second kappa shape index (κ2) is 6.78. The molecule has 5 heteroatoms. The molecule has 4 nitrogen and oxygen atoms in total. The van der Waals surface area contributed by atoms with Gasteiger partial charge in [0.05, 0.1) is 0 Å². The average Bonchev–Trinajstić information content (AvgIpc) is 2.14. The third kappa shape index (κ3) is 6.71. The summed E-state index contributed by atoms with van der Waals surface area (Å²) in [5.74, 6) is -0.107. The number of hydrogen-bond acceptors (Lipinski definition) is 3. The molecule has 0 aromatic carbocycles. The minimum absolute atomic E-state index is 0.00950. The number of thioether (sulfide) groups is 1. The second-order valence-corrected chi connectivity index (χ2v) is 5.53. The Morgan fingerprint density at radius 2 is 2.00 bits per heavy atom. The van der Waals surface area contributed by atoms with Crippen LogP contribution in [-0.2, 0) is 9.59 Å². The van der Waals surface area contributed by atoms with Crippen LogP contribution in [0.25, 0.3) is 0 Å². The van der Waals surface area contributed by atoms with Crippen molar-refractivity contribution >= 4 is 23.6 Å². The molecule has 94 valence electrons. The van der Waals surface area contributed by atoms with Crippen LogP contribution in [0, 0.1) is 5.92 Å². The second-order valence-electron chi connectivity index (χ2n) is 4.62. The predicted octanol–water partition coefficient (Wildman–Crippen LogP) is 1.75. The fraction of sp³-hybridized carbons (Fsp3) is 0.818. The summed E-state index contributed by atoms with van der Waals surface area (Å²) in [6, 6.07) is 0. The molecule has 0 aliphatic carbocycles. The van der Waals surface area contributed by atoms with Crippen molar-refractivity contribution in [3.63, 3.8) is 0 Å². The van der Waals surface area contributed by atoms with Gasteiger partial charge >= 0.3 is 5.97 Å². The highest BCUT2D eigenvalue weighted by Gasteiger charge is 2.23. The van der Waals surface area contributed by atoms with E-state index in [-0.39, 0.29) is 18.2 Å². The van der Waals surface area contributed by atoms with E-state index in [1.165, 1.54) is 0 Å². The first-order valence-electron chi connectivity index (χ1n) is 5.31. The monoisotopic (exact) mass is 247 g/mol. The SMILES string of the molecule is CSCC(C)C(=O)NC(C)(C)CCC(=O)O. The largest absolute Gasteiger partial charge is 0.481 e. The van der Waals surface area contributed by atoms with Gasteiger partial charge in [-0.3, -0.25) is 9.59 Å². The molecule has 0 aliphatic heterocycles. The van der Waals surface area contributed by atoms with E-state index in [2.05, 4.69) is 5.32 Å². The summed E-state index contributed by atoms with van der Waals surface area (Å²) in [5, 5.41) is 11.5. The van der Waals surface area contributed by atoms with Gasteiger partial charge in [0, 0.05) is 23.6 Å². The molecule has 0 heterocycles. The Labute approximate surface area is 101 Å². The first kappa shape index (κ1) is 15.3. The van der Waals surface area contributed by atoms with E-state index in [1.54, 1.807) is 11.8 Å². The lowest BCUT2D eigenvalue weighted by atomic mass is 9.97. The van der Waals surface area contributed by atoms with Crippen LogP contribution in [-0.4, -0.2) is 34.5 Å². The van der Waals surface area contributed by atoms with E-state index in [0.29, 0.717) is 6.42 Å². The van der Waals surface area contributed by atoms with Crippen molar-refractivity contribution in [3.05, 3.63) is 0 Å². The number of aliphatic carboxylic acids is 1. The van der Waals surface area contributed by atoms with Crippen LogP contribution in [0.3, 0.4) is 0 Å². The standard InChI is InChI=1S/C11H21NO3S/c1-8(7-16-4)10(15)12-11(2,3)6-5-9(13)14/h8H,5-7H2,1-4H3,(H,12,15)(H,13,14). The third-order valence-electron chi connectivity index (χ3n) is 2.29. The lowest BCUT2D eigenvalue weighted by Crippen LogP contribution is -2.46. The summed E-state index contributed by atoms with van der Waals surface area (Å²) in [4.78, 5) is 22.2. The van der Waals surface area contributed by atoms with Gasteiger partial charge in [0.2, 0.25) is 5.91 Å². The van der Waals surface area contributed by atoms with Crippen molar-refractivity contribution in [2.75, 3.05) is 12.0 Å². The zero-order valence-electron chi connectivity index (χ0n) is 10.4. The van der Waals surface area contributed by atoms with Crippen molar-refractivity contribution in [2.45, 2.75) is 39.2 Å². The van der Waals surface area contributed by atoms with Crippen LogP contribution in [0.15, 0.2) is 0 Å². The van der Waals surface area contributed by atoms with Gasteiger partial charge in [0.1, 0.15) is 0 Å². The molecule has 1 amide bonds. The highest BCUT2D eigenvalue weighted by atomic mass is 32.2. The predicted molar refractivity (Wildman–Crippen MR) is 66.6 cm³/mol. The maximum atomic E-state index is 11.7. The summed E-state index contributed by atoms with van der Waals surface area (Å²) >= 11 is 1.63. The van der Waals surface area contributed by atoms with Crippen LogP contribution >= 0.6 is 11.8 Å². The lowest BCUT2D eigenvalue weighted by molar-refractivity contribution is -0.138. The Morgan fingerprint density at radius 1 is 1.44 bits per heavy atom. The van der Waals surface area contributed by atoms with Crippen molar-refractivity contribution in [2.24, 2.45) is 5.92 Å². The van der Waals surface area contributed by atoms with E-state index in [4.69, 9.17) is 5.11 Å². The van der Waals surface area contributed by atoms with E-state index >= 15 is 0 Å². The molecule has 16 heavy (non-hydrogen) atoms. The number of carbonyl (C=O) groups excluding carboxylic acids is 1. The first-order chi connectivity index (χ1) is 7.28. The topological polar surface area (TPSA) is 66.4 Å². The van der Waals surface area contributed by atoms with Crippen molar-refractivity contribution in [1.82, 2.24) is 5.32 Å². The number of hydrogen-bond donors (Lipinski definition) is 2. The van der Waals surface area contributed by atoms with Gasteiger partial charge in [0.15, 0.2) is 0 Å². The van der Waals surface area contributed by atoms with E-state index in [0.717, 1.165) is 5.75 Å². The Hall–Kier alpha value is -0.710. The molecular weight excluding hydrogens is 226 g/mol. The quantitative estimate of drug-likeness (QED) is 0.719. The molecule has 0 saturated heterocycles. The van der Waals surface area contributed by atoms with Gasteiger partial charge in [-0.25, -0.2) is 0 Å². The Balaban J connectivity index is 4.13. The van der Waals surface area contributed by atoms with Crippen LogP contribution < -0.4 is 5.32 Å². The maximum Gasteiger partial charge on any atom is 0.303 e. The molecule has 0 spiro atoms. The minimum atomic E-state index is -0.834. The molecule has 0 radical (unpaired) electrons. The van der Waals surface area contributed by atoms with E-state index in [9.17, 15) is 9.59 Å². The van der Waals surface area contributed by atoms with Gasteiger partial charge in [0.25, 0.3) is 0 Å². The number of carboxylic acid groups (broad SMARTS) is 1. The molecular formula is C11H21NO3S. The fourth-order valence-electron chi connectivity index (χ4n) is 1.26. The smallest absolute Gasteiger partial charge is 0.303 e. The van der Waals surface area contributed by atoms with Crippen LogP contribution in [0.5, 0.6) is 0 Å². The summed E-state index contributed by atoms with van der Waals surface area (Å²) in [7, 11) is 0. The fourth-order valence-corrected chi connectivity index (χ4v) is 1.92. The van der Waals surface area contributed by atoms with E-state index in [1.807, 2.05) is 27.0 Å². The third-order valence-corrected chi connectivity index (χ3v) is 3.12. The molecule has 0 aromatic heterocycles. The van der Waals surface area contributed by atoms with Gasteiger partial charge in [-0.05, 0) is 26.5 Å². The molecule has 0 rings (SSSR count). The molecule has 0 aliphatic rings. The van der Waals surface area contributed by atoms with Crippen molar-refractivity contribution in [3.8, 4) is 0 Å². The Bertz CT molecular complexity index is 254. The zero-order chi connectivity index (χ0) is 12.8.